The van der Waals surface area contributed by atoms with Crippen LogP contribution in [0, 0.1) is 0 Å². The highest BCUT2D eigenvalue weighted by molar-refractivity contribution is 5.96. The fraction of sp³-hybridized carbons (Fsp3) is 0. The molecule has 0 bridgehead atoms. The second-order valence-corrected chi connectivity index (χ2v) is 6.75. The van der Waals surface area contributed by atoms with Gasteiger partial charge in [0.2, 0.25) is 0 Å². The van der Waals surface area contributed by atoms with Crippen LogP contribution in [0.2, 0.25) is 0 Å². The van der Waals surface area contributed by atoms with Crippen molar-refractivity contribution in [1.82, 2.24) is 4.98 Å². The molecule has 0 saturated heterocycles. The van der Waals surface area contributed by atoms with E-state index in [-0.39, 0.29) is 22.5 Å². The monoisotopic (exact) mass is 411 g/mol. The summed E-state index contributed by atoms with van der Waals surface area (Å²) in [6.45, 7) is 0. The zero-order chi connectivity index (χ0) is 21.4. The van der Waals surface area contributed by atoms with E-state index in [1.165, 1.54) is 18.3 Å². The van der Waals surface area contributed by atoms with Crippen LogP contribution in [-0.2, 0) is 0 Å². The smallest absolute Gasteiger partial charge is 0.345 e. The molecule has 0 aliphatic heterocycles. The SMILES string of the molecule is O=C(Oc1ccc2c(-c3cc4ccccc4oc3=O)cc(=O)oc2c1)c1cccnc1. The third-order valence-electron chi connectivity index (χ3n) is 4.76. The van der Waals surface area contributed by atoms with Gasteiger partial charge in [-0.3, -0.25) is 4.98 Å². The minimum Gasteiger partial charge on any atom is -0.423 e. The second kappa shape index (κ2) is 7.38. The Hall–Kier alpha value is -4.52. The van der Waals surface area contributed by atoms with Crippen molar-refractivity contribution < 1.29 is 18.4 Å². The van der Waals surface area contributed by atoms with E-state index in [4.69, 9.17) is 13.6 Å². The van der Waals surface area contributed by atoms with Crippen molar-refractivity contribution >= 4 is 27.9 Å². The number of carbonyl (C=O) groups is 1. The highest BCUT2D eigenvalue weighted by atomic mass is 16.5. The molecule has 0 atom stereocenters. The van der Waals surface area contributed by atoms with Gasteiger partial charge < -0.3 is 13.6 Å². The number of fused-ring (bicyclic) bond motifs is 2. The lowest BCUT2D eigenvalue weighted by molar-refractivity contribution is 0.0734. The quantitative estimate of drug-likeness (QED) is 0.249. The first-order chi connectivity index (χ1) is 15.1. The molecule has 0 aliphatic rings. The normalized spacial score (nSPS) is 11.0. The molecule has 5 rings (SSSR count). The first-order valence-electron chi connectivity index (χ1n) is 9.32. The molecule has 0 amide bonds. The molecular formula is C24H13NO6. The van der Waals surface area contributed by atoms with E-state index in [0.717, 1.165) is 5.39 Å². The molecule has 0 spiro atoms. The van der Waals surface area contributed by atoms with E-state index in [0.29, 0.717) is 16.5 Å². The number of carbonyl (C=O) groups excluding carboxylic acids is 1. The zero-order valence-corrected chi connectivity index (χ0v) is 15.9. The van der Waals surface area contributed by atoms with Gasteiger partial charge in [0.15, 0.2) is 0 Å². The molecule has 0 aliphatic carbocycles. The van der Waals surface area contributed by atoms with Crippen molar-refractivity contribution in [3.05, 3.63) is 106 Å². The summed E-state index contributed by atoms with van der Waals surface area (Å²) in [6, 6.07) is 17.8. The summed E-state index contributed by atoms with van der Waals surface area (Å²) in [5.41, 5.74) is 0.294. The Morgan fingerprint density at radius 3 is 2.55 bits per heavy atom. The van der Waals surface area contributed by atoms with Gasteiger partial charge in [0.1, 0.15) is 16.9 Å². The maximum absolute atomic E-state index is 12.6. The maximum atomic E-state index is 12.6. The van der Waals surface area contributed by atoms with Gasteiger partial charge in [-0.25, -0.2) is 14.4 Å². The van der Waals surface area contributed by atoms with Crippen LogP contribution in [0.3, 0.4) is 0 Å². The van der Waals surface area contributed by atoms with E-state index in [2.05, 4.69) is 4.98 Å². The summed E-state index contributed by atoms with van der Waals surface area (Å²) in [6.07, 6.45) is 2.94. The van der Waals surface area contributed by atoms with Gasteiger partial charge in [0.05, 0.1) is 11.1 Å². The van der Waals surface area contributed by atoms with Crippen LogP contribution in [0.5, 0.6) is 5.75 Å². The third kappa shape index (κ3) is 3.49. The minimum atomic E-state index is -0.647. The average Bonchev–Trinajstić information content (AvgIpc) is 2.78. The topological polar surface area (TPSA) is 99.6 Å². The largest absolute Gasteiger partial charge is 0.423 e. The minimum absolute atomic E-state index is 0.173. The lowest BCUT2D eigenvalue weighted by Crippen LogP contribution is -2.09. The Morgan fingerprint density at radius 1 is 0.839 bits per heavy atom. The van der Waals surface area contributed by atoms with E-state index < -0.39 is 17.2 Å². The summed E-state index contributed by atoms with van der Waals surface area (Å²) >= 11 is 0. The Balaban J connectivity index is 1.61. The van der Waals surface area contributed by atoms with Crippen LogP contribution in [0.1, 0.15) is 10.4 Å². The zero-order valence-electron chi connectivity index (χ0n) is 15.9. The molecule has 150 valence electrons. The number of rotatable bonds is 3. The van der Waals surface area contributed by atoms with Crippen molar-refractivity contribution in [2.24, 2.45) is 0 Å². The van der Waals surface area contributed by atoms with Crippen LogP contribution in [-0.4, -0.2) is 11.0 Å². The van der Waals surface area contributed by atoms with Crippen LogP contribution >= 0.6 is 0 Å². The lowest BCUT2D eigenvalue weighted by atomic mass is 10.0. The molecule has 5 aromatic rings. The molecule has 31 heavy (non-hydrogen) atoms. The van der Waals surface area contributed by atoms with E-state index in [9.17, 15) is 14.4 Å². The van der Waals surface area contributed by atoms with Crippen molar-refractivity contribution in [3.63, 3.8) is 0 Å². The van der Waals surface area contributed by atoms with Crippen LogP contribution < -0.4 is 16.0 Å². The van der Waals surface area contributed by atoms with Crippen LogP contribution in [0.4, 0.5) is 0 Å². The fourth-order valence-electron chi connectivity index (χ4n) is 3.33. The highest BCUT2D eigenvalue weighted by Gasteiger charge is 2.15. The molecule has 7 heteroatoms. The van der Waals surface area contributed by atoms with Crippen LogP contribution in [0.25, 0.3) is 33.1 Å². The molecule has 3 aromatic heterocycles. The van der Waals surface area contributed by atoms with Gasteiger partial charge in [-0.15, -0.1) is 0 Å². The van der Waals surface area contributed by atoms with Gasteiger partial charge in [0.25, 0.3) is 0 Å². The van der Waals surface area contributed by atoms with Crippen molar-refractivity contribution in [2.45, 2.75) is 0 Å². The lowest BCUT2D eigenvalue weighted by Gasteiger charge is -2.08. The number of benzene rings is 2. The first kappa shape index (κ1) is 18.5. The van der Waals surface area contributed by atoms with Gasteiger partial charge in [-0.2, -0.15) is 0 Å². The molecule has 3 heterocycles. The average molecular weight is 411 g/mol. The Kier molecular flexibility index (Phi) is 4.41. The van der Waals surface area contributed by atoms with E-state index >= 15 is 0 Å². The number of aromatic nitrogens is 1. The molecule has 0 fully saturated rings. The Labute approximate surface area is 174 Å². The predicted octanol–water partition coefficient (Wildman–Crippen LogP) is 4.18. The third-order valence-corrected chi connectivity index (χ3v) is 4.76. The maximum Gasteiger partial charge on any atom is 0.345 e. The number of esters is 1. The van der Waals surface area contributed by atoms with Crippen molar-refractivity contribution in [2.75, 3.05) is 0 Å². The van der Waals surface area contributed by atoms with E-state index in [1.54, 1.807) is 48.7 Å². The Morgan fingerprint density at radius 2 is 1.71 bits per heavy atom. The molecule has 0 radical (unpaired) electrons. The highest BCUT2D eigenvalue weighted by Crippen LogP contribution is 2.30. The molecule has 2 aromatic carbocycles. The number of nitrogens with zero attached hydrogens (tertiary/aromatic N) is 1. The summed E-state index contributed by atoms with van der Waals surface area (Å²) < 4.78 is 16.0. The molecular weight excluding hydrogens is 398 g/mol. The van der Waals surface area contributed by atoms with Gasteiger partial charge in [-0.1, -0.05) is 18.2 Å². The van der Waals surface area contributed by atoms with Gasteiger partial charge >= 0.3 is 17.2 Å². The predicted molar refractivity (Wildman–Crippen MR) is 113 cm³/mol. The summed E-state index contributed by atoms with van der Waals surface area (Å²) in [7, 11) is 0. The van der Waals surface area contributed by atoms with Crippen molar-refractivity contribution in [1.29, 1.82) is 0 Å². The first-order valence-corrected chi connectivity index (χ1v) is 9.32. The molecule has 7 nitrogen and oxygen atoms in total. The second-order valence-electron chi connectivity index (χ2n) is 6.75. The summed E-state index contributed by atoms with van der Waals surface area (Å²) in [4.78, 5) is 40.9. The summed E-state index contributed by atoms with van der Waals surface area (Å²) in [5.74, 6) is -0.409. The Bertz CT molecular complexity index is 1570. The van der Waals surface area contributed by atoms with Crippen molar-refractivity contribution in [3.8, 4) is 16.9 Å². The number of para-hydroxylation sites is 1. The molecule has 0 N–H and O–H groups in total. The molecule has 0 saturated carbocycles. The number of ether oxygens (including phenoxy) is 1. The molecule has 0 unspecified atom stereocenters. The summed E-state index contributed by atoms with van der Waals surface area (Å²) in [5, 5.41) is 1.23. The van der Waals surface area contributed by atoms with Gasteiger partial charge in [0, 0.05) is 40.9 Å². The standard InChI is InChI=1S/C24H13NO6/c26-22-12-18(19-10-14-4-1-2-6-20(14)31-24(19)28)17-8-7-16(11-21(17)30-22)29-23(27)15-5-3-9-25-13-15/h1-13H. The fourth-order valence-corrected chi connectivity index (χ4v) is 3.33. The van der Waals surface area contributed by atoms with E-state index in [1.807, 2.05) is 12.1 Å². The number of hydrogen-bond acceptors (Lipinski definition) is 7. The van der Waals surface area contributed by atoms with Gasteiger partial charge in [-0.05, 0) is 36.4 Å². The number of pyridine rings is 1. The number of hydrogen-bond donors (Lipinski definition) is 0. The van der Waals surface area contributed by atoms with Crippen LogP contribution in [0.15, 0.2) is 97.5 Å².